The Balaban J connectivity index is -0.000000867. The third-order valence-electron chi connectivity index (χ3n) is 2.82. The van der Waals surface area contributed by atoms with Crippen LogP contribution in [0.2, 0.25) is 0 Å². The molecule has 0 heterocycles. The number of hydrogen-bond acceptors (Lipinski definition) is 8. The van der Waals surface area contributed by atoms with Crippen LogP contribution in [0.25, 0.3) is 0 Å². The van der Waals surface area contributed by atoms with Crippen LogP contribution in [-0.2, 0) is 17.1 Å². The van der Waals surface area contributed by atoms with Gasteiger partial charge in [-0.1, -0.05) is 0 Å². The Kier molecular flexibility index (Phi) is 19.8. The molecule has 0 spiro atoms. The van der Waals surface area contributed by atoms with Gasteiger partial charge in [0.25, 0.3) is 5.09 Å². The van der Waals surface area contributed by atoms with E-state index < -0.39 is 29.5 Å². The molecule has 0 aliphatic heterocycles. The van der Waals surface area contributed by atoms with Crippen LogP contribution in [0.1, 0.15) is 27.7 Å². The smallest absolute Gasteiger partial charge is 0.291 e. The normalized spacial score (nSPS) is 15.6. The van der Waals surface area contributed by atoms with E-state index in [-0.39, 0.29) is 17.1 Å². The van der Waals surface area contributed by atoms with E-state index >= 15 is 0 Å². The molecule has 0 aromatic carbocycles. The second-order valence-electron chi connectivity index (χ2n) is 6.15. The monoisotopic (exact) mass is 418 g/mol. The van der Waals surface area contributed by atoms with Crippen LogP contribution in [0.5, 0.6) is 0 Å². The zero-order valence-electron chi connectivity index (χ0n) is 15.2. The number of aliphatic hydroxyl groups is 4. The Bertz CT molecular complexity index is 273. The molecule has 10 nitrogen and oxygen atoms in total. The van der Waals surface area contributed by atoms with Crippen molar-refractivity contribution in [2.75, 3.05) is 39.3 Å². The summed E-state index contributed by atoms with van der Waals surface area (Å²) in [4.78, 5) is 12.3. The van der Waals surface area contributed by atoms with Crippen molar-refractivity contribution in [1.29, 1.82) is 0 Å². The van der Waals surface area contributed by atoms with E-state index in [9.17, 15) is 20.4 Å². The average Bonchev–Trinajstić information content (AvgIpc) is 2.32. The fraction of sp³-hybridized carbons (Fsp3) is 1.00. The van der Waals surface area contributed by atoms with Crippen LogP contribution < -0.4 is 0 Å². The molecular formula is C14H33CuN3O7. The summed E-state index contributed by atoms with van der Waals surface area (Å²) in [7, 11) is 0. The number of hydrogen-bond donors (Lipinski definition) is 5. The molecule has 0 unspecified atom stereocenters. The molecule has 0 aromatic heterocycles. The van der Waals surface area contributed by atoms with E-state index in [2.05, 4.69) is 0 Å². The first-order valence-corrected chi connectivity index (χ1v) is 7.94. The first-order valence-electron chi connectivity index (χ1n) is 7.94. The van der Waals surface area contributed by atoms with Crippen LogP contribution in [-0.4, -0.2) is 104 Å². The molecule has 0 saturated heterocycles. The first kappa shape index (κ1) is 29.3. The molecule has 0 bridgehead atoms. The standard InChI is InChI=1S/C14H32N2O4.Cu.HNO3/c1-11(17)7-15(8-12(2)18)5-6-16(9-13(3)19)10-14(4)20;;2-1(3)4/h11-14,17-20H,5-10H2,1-4H3;;(H,2,3,4)/t11-,12-,13-,14-;;/m1../s1. The summed E-state index contributed by atoms with van der Waals surface area (Å²) < 4.78 is 0. The van der Waals surface area contributed by atoms with Crippen molar-refractivity contribution < 1.29 is 47.8 Å². The minimum absolute atomic E-state index is 0. The van der Waals surface area contributed by atoms with E-state index in [1.165, 1.54) is 0 Å². The van der Waals surface area contributed by atoms with Crippen molar-refractivity contribution in [2.45, 2.75) is 52.1 Å². The molecule has 25 heavy (non-hydrogen) atoms. The van der Waals surface area contributed by atoms with E-state index in [1.807, 2.05) is 9.80 Å². The van der Waals surface area contributed by atoms with E-state index in [4.69, 9.17) is 15.3 Å². The van der Waals surface area contributed by atoms with Crippen molar-refractivity contribution in [3.63, 3.8) is 0 Å². The molecule has 0 aliphatic carbocycles. The van der Waals surface area contributed by atoms with Gasteiger partial charge in [-0.15, -0.1) is 10.1 Å². The summed E-state index contributed by atoms with van der Waals surface area (Å²) in [5.41, 5.74) is 0. The predicted octanol–water partition coefficient (Wildman–Crippen LogP) is -1.24. The fourth-order valence-electron chi connectivity index (χ4n) is 2.29. The molecule has 157 valence electrons. The van der Waals surface area contributed by atoms with Gasteiger partial charge in [-0.05, 0) is 27.7 Å². The van der Waals surface area contributed by atoms with Gasteiger partial charge in [0, 0.05) is 56.3 Å². The van der Waals surface area contributed by atoms with Crippen molar-refractivity contribution in [1.82, 2.24) is 9.80 Å². The maximum absolute atomic E-state index is 9.47. The summed E-state index contributed by atoms with van der Waals surface area (Å²) in [5.74, 6) is 0. The third kappa shape index (κ3) is 25.8. The Morgan fingerprint density at radius 1 is 0.760 bits per heavy atom. The molecule has 5 N–H and O–H groups in total. The van der Waals surface area contributed by atoms with Gasteiger partial charge in [0.15, 0.2) is 0 Å². The van der Waals surface area contributed by atoms with Crippen molar-refractivity contribution in [2.24, 2.45) is 0 Å². The molecule has 4 atom stereocenters. The van der Waals surface area contributed by atoms with E-state index in [1.54, 1.807) is 27.7 Å². The van der Waals surface area contributed by atoms with Gasteiger partial charge in [0.1, 0.15) is 0 Å². The van der Waals surface area contributed by atoms with Crippen molar-refractivity contribution in [3.05, 3.63) is 10.1 Å². The van der Waals surface area contributed by atoms with E-state index in [0.717, 1.165) is 0 Å². The number of nitrogens with zero attached hydrogens (tertiary/aromatic N) is 3. The van der Waals surface area contributed by atoms with Crippen LogP contribution in [0.15, 0.2) is 0 Å². The van der Waals surface area contributed by atoms with Gasteiger partial charge < -0.3 is 25.6 Å². The molecule has 0 rings (SSSR count). The number of rotatable bonds is 11. The summed E-state index contributed by atoms with van der Waals surface area (Å²) in [6.07, 6.45) is -1.79. The van der Waals surface area contributed by atoms with Gasteiger partial charge in [0.2, 0.25) is 0 Å². The van der Waals surface area contributed by atoms with Crippen LogP contribution >= 0.6 is 0 Å². The molecule has 0 fully saturated rings. The minimum Gasteiger partial charge on any atom is -0.392 e. The SMILES string of the molecule is C[C@@H](O)CN(CCN(C[C@@H](C)O)C[C@@H](C)O)C[C@@H](C)O.O=[N+]([O-])O.[Cu]. The Morgan fingerprint density at radius 3 is 1.04 bits per heavy atom. The molecule has 0 aliphatic rings. The predicted molar refractivity (Wildman–Crippen MR) is 88.4 cm³/mol. The van der Waals surface area contributed by atoms with Crippen LogP contribution in [0, 0.1) is 10.1 Å². The van der Waals surface area contributed by atoms with Gasteiger partial charge in [-0.2, -0.15) is 0 Å². The van der Waals surface area contributed by atoms with Gasteiger partial charge in [-0.25, -0.2) is 0 Å². The van der Waals surface area contributed by atoms with Crippen LogP contribution in [0.4, 0.5) is 0 Å². The molecule has 0 amide bonds. The molecule has 0 aromatic rings. The molecule has 1 radical (unpaired) electrons. The fourth-order valence-corrected chi connectivity index (χ4v) is 2.29. The summed E-state index contributed by atoms with van der Waals surface area (Å²) >= 11 is 0. The van der Waals surface area contributed by atoms with Gasteiger partial charge >= 0.3 is 0 Å². The largest absolute Gasteiger partial charge is 0.392 e. The minimum atomic E-state index is -1.50. The summed E-state index contributed by atoms with van der Waals surface area (Å²) in [6.45, 7) is 10.2. The second kappa shape index (κ2) is 16.9. The maximum Gasteiger partial charge on any atom is 0.291 e. The zero-order valence-corrected chi connectivity index (χ0v) is 16.2. The molecule has 11 heteroatoms. The van der Waals surface area contributed by atoms with Crippen molar-refractivity contribution >= 4 is 0 Å². The molecule has 0 saturated carbocycles. The van der Waals surface area contributed by atoms with Gasteiger partial charge in [-0.3, -0.25) is 9.80 Å². The second-order valence-corrected chi connectivity index (χ2v) is 6.15. The first-order chi connectivity index (χ1) is 10.9. The van der Waals surface area contributed by atoms with Crippen molar-refractivity contribution in [3.8, 4) is 0 Å². The Hall–Kier alpha value is -0.521. The number of aliphatic hydroxyl groups excluding tert-OH is 4. The van der Waals surface area contributed by atoms with Crippen LogP contribution in [0.3, 0.4) is 0 Å². The average molecular weight is 419 g/mol. The third-order valence-corrected chi connectivity index (χ3v) is 2.82. The quantitative estimate of drug-likeness (QED) is 0.158. The Labute approximate surface area is 159 Å². The Morgan fingerprint density at radius 2 is 0.920 bits per heavy atom. The van der Waals surface area contributed by atoms with Gasteiger partial charge in [0.05, 0.1) is 24.4 Å². The topological polar surface area (TPSA) is 151 Å². The zero-order chi connectivity index (χ0) is 19.3. The summed E-state index contributed by atoms with van der Waals surface area (Å²) in [5, 5.41) is 51.5. The summed E-state index contributed by atoms with van der Waals surface area (Å²) in [6, 6.07) is 0. The maximum atomic E-state index is 9.47. The molecular weight excluding hydrogens is 386 g/mol. The van der Waals surface area contributed by atoms with E-state index in [0.29, 0.717) is 39.3 Å².